The van der Waals surface area contributed by atoms with E-state index in [-0.39, 0.29) is 29.9 Å². The Balaban J connectivity index is 0.00000261. The molecule has 0 aliphatic carbocycles. The van der Waals surface area contributed by atoms with Gasteiger partial charge in [0.05, 0.1) is 12.2 Å². The standard InChI is InChI=1S/C21H25N5.HI/c1-22-21(23-15-19-13-14-25-26(19)2)24-16-20(17-9-5-3-6-10-17)18-11-7-4-8-12-18;/h3-14,20H,15-16H2,1-2H3,(H2,22,23,24);1H. The molecule has 0 atom stereocenters. The third-order valence-corrected chi connectivity index (χ3v) is 4.46. The second kappa shape index (κ2) is 10.7. The molecule has 1 heterocycles. The Hall–Kier alpha value is -2.35. The molecular weight excluding hydrogens is 449 g/mol. The lowest BCUT2D eigenvalue weighted by Crippen LogP contribution is -2.39. The van der Waals surface area contributed by atoms with Gasteiger partial charge in [-0.1, -0.05) is 60.7 Å². The number of aromatic nitrogens is 2. The monoisotopic (exact) mass is 475 g/mol. The third-order valence-electron chi connectivity index (χ3n) is 4.46. The molecule has 0 radical (unpaired) electrons. The van der Waals surface area contributed by atoms with Gasteiger partial charge in [-0.05, 0) is 17.2 Å². The summed E-state index contributed by atoms with van der Waals surface area (Å²) >= 11 is 0. The second-order valence-corrected chi connectivity index (χ2v) is 6.13. The summed E-state index contributed by atoms with van der Waals surface area (Å²) in [7, 11) is 3.73. The molecule has 0 aliphatic heterocycles. The lowest BCUT2D eigenvalue weighted by molar-refractivity contribution is 0.677. The van der Waals surface area contributed by atoms with Crippen LogP contribution in [0.1, 0.15) is 22.7 Å². The Kier molecular flexibility index (Phi) is 8.32. The molecule has 0 fully saturated rings. The van der Waals surface area contributed by atoms with E-state index in [0.29, 0.717) is 6.54 Å². The molecule has 0 bridgehead atoms. The molecule has 142 valence electrons. The fourth-order valence-electron chi connectivity index (χ4n) is 2.97. The van der Waals surface area contributed by atoms with Gasteiger partial charge in [0.25, 0.3) is 0 Å². The van der Waals surface area contributed by atoms with Gasteiger partial charge < -0.3 is 10.6 Å². The van der Waals surface area contributed by atoms with Crippen molar-refractivity contribution in [1.29, 1.82) is 0 Å². The summed E-state index contributed by atoms with van der Waals surface area (Å²) < 4.78 is 1.86. The maximum absolute atomic E-state index is 4.34. The molecule has 6 heteroatoms. The van der Waals surface area contributed by atoms with Crippen LogP contribution in [-0.2, 0) is 13.6 Å². The van der Waals surface area contributed by atoms with Crippen LogP contribution in [0.3, 0.4) is 0 Å². The molecule has 3 rings (SSSR count). The Morgan fingerprint density at radius 1 is 0.963 bits per heavy atom. The average molecular weight is 475 g/mol. The number of nitrogens with zero attached hydrogens (tertiary/aromatic N) is 3. The first-order valence-electron chi connectivity index (χ1n) is 8.79. The number of nitrogens with one attached hydrogen (secondary N) is 2. The average Bonchev–Trinajstić information content (AvgIpc) is 3.11. The highest BCUT2D eigenvalue weighted by atomic mass is 127. The van der Waals surface area contributed by atoms with E-state index in [1.807, 2.05) is 29.9 Å². The number of hydrogen-bond acceptors (Lipinski definition) is 2. The molecule has 1 aromatic heterocycles. The van der Waals surface area contributed by atoms with Gasteiger partial charge in [0.1, 0.15) is 0 Å². The number of halogens is 1. The van der Waals surface area contributed by atoms with Gasteiger partial charge in [-0.3, -0.25) is 9.67 Å². The number of benzene rings is 2. The topological polar surface area (TPSA) is 54.2 Å². The molecule has 0 amide bonds. The van der Waals surface area contributed by atoms with Crippen LogP contribution < -0.4 is 10.6 Å². The van der Waals surface area contributed by atoms with Crippen LogP contribution in [0.25, 0.3) is 0 Å². The molecule has 27 heavy (non-hydrogen) atoms. The van der Waals surface area contributed by atoms with E-state index in [4.69, 9.17) is 0 Å². The van der Waals surface area contributed by atoms with Crippen LogP contribution >= 0.6 is 24.0 Å². The SMILES string of the molecule is CN=C(NCc1ccnn1C)NCC(c1ccccc1)c1ccccc1.I. The molecule has 0 saturated carbocycles. The van der Waals surface area contributed by atoms with E-state index in [1.54, 1.807) is 13.2 Å². The normalized spacial score (nSPS) is 11.1. The van der Waals surface area contributed by atoms with Crippen molar-refractivity contribution in [3.8, 4) is 0 Å². The first kappa shape index (κ1) is 21.0. The fraction of sp³-hybridized carbons (Fsp3) is 0.238. The largest absolute Gasteiger partial charge is 0.355 e. The van der Waals surface area contributed by atoms with Gasteiger partial charge in [0.2, 0.25) is 0 Å². The molecule has 0 saturated heterocycles. The first-order chi connectivity index (χ1) is 12.8. The minimum Gasteiger partial charge on any atom is -0.355 e. The minimum absolute atomic E-state index is 0. The number of hydrogen-bond donors (Lipinski definition) is 2. The van der Waals surface area contributed by atoms with Crippen molar-refractivity contribution in [2.75, 3.05) is 13.6 Å². The highest BCUT2D eigenvalue weighted by molar-refractivity contribution is 14.0. The third kappa shape index (κ3) is 5.82. The summed E-state index contributed by atoms with van der Waals surface area (Å²) in [5, 5.41) is 11.0. The van der Waals surface area contributed by atoms with Gasteiger partial charge in [-0.15, -0.1) is 24.0 Å². The van der Waals surface area contributed by atoms with Gasteiger partial charge in [0.15, 0.2) is 5.96 Å². The van der Waals surface area contributed by atoms with Crippen molar-refractivity contribution in [2.45, 2.75) is 12.5 Å². The van der Waals surface area contributed by atoms with Gasteiger partial charge >= 0.3 is 0 Å². The van der Waals surface area contributed by atoms with Crippen molar-refractivity contribution in [3.05, 3.63) is 89.7 Å². The summed E-state index contributed by atoms with van der Waals surface area (Å²) in [4.78, 5) is 4.34. The van der Waals surface area contributed by atoms with Crippen molar-refractivity contribution in [2.24, 2.45) is 12.0 Å². The summed E-state index contributed by atoms with van der Waals surface area (Å²) in [5.74, 6) is 1.04. The Bertz CT molecular complexity index is 791. The van der Waals surface area contributed by atoms with E-state index in [9.17, 15) is 0 Å². The molecule has 3 aromatic rings. The Morgan fingerprint density at radius 2 is 1.56 bits per heavy atom. The molecule has 0 aliphatic rings. The molecule has 0 unspecified atom stereocenters. The van der Waals surface area contributed by atoms with Crippen molar-refractivity contribution in [1.82, 2.24) is 20.4 Å². The van der Waals surface area contributed by atoms with E-state index in [0.717, 1.165) is 18.2 Å². The summed E-state index contributed by atoms with van der Waals surface area (Å²) in [5.41, 5.74) is 3.68. The van der Waals surface area contributed by atoms with Crippen molar-refractivity contribution < 1.29 is 0 Å². The Labute approximate surface area is 177 Å². The zero-order valence-corrected chi connectivity index (χ0v) is 18.0. The highest BCUT2D eigenvalue weighted by Crippen LogP contribution is 2.23. The molecule has 2 aromatic carbocycles. The van der Waals surface area contributed by atoms with Crippen LogP contribution in [-0.4, -0.2) is 29.3 Å². The smallest absolute Gasteiger partial charge is 0.191 e. The zero-order valence-electron chi connectivity index (χ0n) is 15.7. The molecule has 0 spiro atoms. The summed E-state index contributed by atoms with van der Waals surface area (Å²) in [6, 6.07) is 23.1. The van der Waals surface area contributed by atoms with Crippen molar-refractivity contribution >= 4 is 29.9 Å². The fourth-order valence-corrected chi connectivity index (χ4v) is 2.97. The lowest BCUT2D eigenvalue weighted by Gasteiger charge is -2.20. The first-order valence-corrected chi connectivity index (χ1v) is 8.79. The van der Waals surface area contributed by atoms with Gasteiger partial charge in [0, 0.05) is 32.8 Å². The van der Waals surface area contributed by atoms with E-state index >= 15 is 0 Å². The van der Waals surface area contributed by atoms with Gasteiger partial charge in [-0.25, -0.2) is 0 Å². The van der Waals surface area contributed by atoms with Crippen LogP contribution in [0.4, 0.5) is 0 Å². The second-order valence-electron chi connectivity index (χ2n) is 6.13. The van der Waals surface area contributed by atoms with Crippen LogP contribution in [0, 0.1) is 0 Å². The number of guanidine groups is 1. The summed E-state index contributed by atoms with van der Waals surface area (Å²) in [6.07, 6.45) is 1.80. The summed E-state index contributed by atoms with van der Waals surface area (Å²) in [6.45, 7) is 1.44. The van der Waals surface area contributed by atoms with E-state index < -0.39 is 0 Å². The number of aliphatic imine (C=N–C) groups is 1. The van der Waals surface area contributed by atoms with Gasteiger partial charge in [-0.2, -0.15) is 5.10 Å². The van der Waals surface area contributed by atoms with Crippen molar-refractivity contribution in [3.63, 3.8) is 0 Å². The Morgan fingerprint density at radius 3 is 2.04 bits per heavy atom. The quantitative estimate of drug-likeness (QED) is 0.326. The molecule has 5 nitrogen and oxygen atoms in total. The highest BCUT2D eigenvalue weighted by Gasteiger charge is 2.14. The van der Waals surface area contributed by atoms with Crippen LogP contribution in [0.5, 0.6) is 0 Å². The van der Waals surface area contributed by atoms with Crippen LogP contribution in [0.2, 0.25) is 0 Å². The van der Waals surface area contributed by atoms with E-state index in [2.05, 4.69) is 69.3 Å². The maximum atomic E-state index is 4.34. The zero-order chi connectivity index (χ0) is 18.2. The predicted octanol–water partition coefficient (Wildman–Crippen LogP) is 3.54. The number of rotatable bonds is 6. The number of aryl methyl sites for hydroxylation is 1. The minimum atomic E-state index is 0. The van der Waals surface area contributed by atoms with Crippen LogP contribution in [0.15, 0.2) is 77.9 Å². The molecular formula is C21H26IN5. The molecule has 2 N–H and O–H groups in total. The maximum Gasteiger partial charge on any atom is 0.191 e. The van der Waals surface area contributed by atoms with E-state index in [1.165, 1.54) is 11.1 Å². The lowest BCUT2D eigenvalue weighted by atomic mass is 9.91. The predicted molar refractivity (Wildman–Crippen MR) is 122 cm³/mol.